The standard InChI is InChI=1S/C11H15NO3S/c1-15-10-6-3-7-11(8-10)16(13,14)12-9-4-2-5-9/h3,6-9,12H,2,4-5H2,1H3. The Balaban J connectivity index is 2.20. The van der Waals surface area contributed by atoms with Crippen LogP contribution in [0.25, 0.3) is 0 Å². The van der Waals surface area contributed by atoms with E-state index in [0.29, 0.717) is 5.75 Å². The van der Waals surface area contributed by atoms with E-state index in [1.54, 1.807) is 18.2 Å². The van der Waals surface area contributed by atoms with Gasteiger partial charge in [0.2, 0.25) is 10.0 Å². The molecule has 1 N–H and O–H groups in total. The van der Waals surface area contributed by atoms with Crippen LogP contribution < -0.4 is 9.46 Å². The Kier molecular flexibility index (Phi) is 3.16. The molecule has 0 radical (unpaired) electrons. The van der Waals surface area contributed by atoms with E-state index in [4.69, 9.17) is 4.74 Å². The molecule has 0 heterocycles. The molecule has 0 atom stereocenters. The summed E-state index contributed by atoms with van der Waals surface area (Å²) >= 11 is 0. The highest BCUT2D eigenvalue weighted by Crippen LogP contribution is 2.22. The van der Waals surface area contributed by atoms with Gasteiger partial charge in [-0.1, -0.05) is 12.5 Å². The van der Waals surface area contributed by atoms with E-state index < -0.39 is 10.0 Å². The van der Waals surface area contributed by atoms with Gasteiger partial charge in [-0.25, -0.2) is 13.1 Å². The average Bonchev–Trinajstić information content (AvgIpc) is 2.24. The maximum Gasteiger partial charge on any atom is 0.240 e. The second kappa shape index (κ2) is 4.43. The first kappa shape index (κ1) is 11.4. The normalized spacial score (nSPS) is 16.8. The van der Waals surface area contributed by atoms with E-state index in [9.17, 15) is 8.42 Å². The molecule has 0 aromatic heterocycles. The predicted molar refractivity (Wildman–Crippen MR) is 61.0 cm³/mol. The van der Waals surface area contributed by atoms with E-state index in [1.807, 2.05) is 0 Å². The summed E-state index contributed by atoms with van der Waals surface area (Å²) in [6, 6.07) is 6.61. The molecule has 1 fully saturated rings. The third kappa shape index (κ3) is 2.36. The molecule has 0 saturated heterocycles. The second-order valence-electron chi connectivity index (χ2n) is 3.93. The molecule has 1 aliphatic rings. The Hall–Kier alpha value is -1.07. The molecule has 0 bridgehead atoms. The van der Waals surface area contributed by atoms with Gasteiger partial charge in [-0.2, -0.15) is 0 Å². The van der Waals surface area contributed by atoms with Crippen molar-refractivity contribution in [3.05, 3.63) is 24.3 Å². The van der Waals surface area contributed by atoms with Crippen molar-refractivity contribution in [2.45, 2.75) is 30.2 Å². The fraction of sp³-hybridized carbons (Fsp3) is 0.455. The largest absolute Gasteiger partial charge is 0.497 e. The van der Waals surface area contributed by atoms with Crippen LogP contribution in [-0.4, -0.2) is 21.6 Å². The Morgan fingerprint density at radius 2 is 2.12 bits per heavy atom. The van der Waals surface area contributed by atoms with Gasteiger partial charge in [0.05, 0.1) is 12.0 Å². The highest BCUT2D eigenvalue weighted by atomic mass is 32.2. The minimum atomic E-state index is -3.38. The van der Waals surface area contributed by atoms with Crippen LogP contribution in [0.3, 0.4) is 0 Å². The molecule has 1 saturated carbocycles. The molecule has 88 valence electrons. The topological polar surface area (TPSA) is 55.4 Å². The van der Waals surface area contributed by atoms with Gasteiger partial charge in [-0.3, -0.25) is 0 Å². The maximum absolute atomic E-state index is 11.9. The highest BCUT2D eigenvalue weighted by molar-refractivity contribution is 7.89. The van der Waals surface area contributed by atoms with Crippen molar-refractivity contribution < 1.29 is 13.2 Å². The number of methoxy groups -OCH3 is 1. The van der Waals surface area contributed by atoms with Gasteiger partial charge in [-0.05, 0) is 25.0 Å². The van der Waals surface area contributed by atoms with Gasteiger partial charge in [0.25, 0.3) is 0 Å². The van der Waals surface area contributed by atoms with Crippen LogP contribution in [0, 0.1) is 0 Å². The van der Waals surface area contributed by atoms with Crippen LogP contribution in [-0.2, 0) is 10.0 Å². The fourth-order valence-corrected chi connectivity index (χ4v) is 2.92. The second-order valence-corrected chi connectivity index (χ2v) is 5.64. The monoisotopic (exact) mass is 241 g/mol. The number of sulfonamides is 1. The quantitative estimate of drug-likeness (QED) is 0.869. The molecule has 0 spiro atoms. The van der Waals surface area contributed by atoms with Crippen molar-refractivity contribution in [3.8, 4) is 5.75 Å². The number of hydrogen-bond acceptors (Lipinski definition) is 3. The van der Waals surface area contributed by atoms with Crippen LogP contribution >= 0.6 is 0 Å². The summed E-state index contributed by atoms with van der Waals surface area (Å²) in [7, 11) is -1.86. The first-order valence-electron chi connectivity index (χ1n) is 5.28. The van der Waals surface area contributed by atoms with Gasteiger partial charge >= 0.3 is 0 Å². The van der Waals surface area contributed by atoms with E-state index in [0.717, 1.165) is 19.3 Å². The van der Waals surface area contributed by atoms with Gasteiger partial charge in [0, 0.05) is 12.1 Å². The van der Waals surface area contributed by atoms with E-state index in [1.165, 1.54) is 13.2 Å². The number of ether oxygens (including phenoxy) is 1. The fourth-order valence-electron chi connectivity index (χ4n) is 1.58. The van der Waals surface area contributed by atoms with E-state index in [-0.39, 0.29) is 10.9 Å². The molecule has 5 heteroatoms. The summed E-state index contributed by atoms with van der Waals surface area (Å²) in [5.41, 5.74) is 0. The summed E-state index contributed by atoms with van der Waals surface area (Å²) in [4.78, 5) is 0.263. The third-order valence-electron chi connectivity index (χ3n) is 2.78. The van der Waals surface area contributed by atoms with Crippen molar-refractivity contribution in [2.75, 3.05) is 7.11 Å². The minimum absolute atomic E-state index is 0.108. The van der Waals surface area contributed by atoms with Crippen LogP contribution in [0.15, 0.2) is 29.2 Å². The summed E-state index contributed by atoms with van der Waals surface area (Å²) in [5.74, 6) is 0.552. The Morgan fingerprint density at radius 3 is 2.69 bits per heavy atom. The number of nitrogens with one attached hydrogen (secondary N) is 1. The molecule has 16 heavy (non-hydrogen) atoms. The smallest absolute Gasteiger partial charge is 0.240 e. The zero-order valence-corrected chi connectivity index (χ0v) is 9.96. The molecule has 0 aliphatic heterocycles. The van der Waals surface area contributed by atoms with Crippen LogP contribution in [0.5, 0.6) is 5.75 Å². The lowest BCUT2D eigenvalue weighted by atomic mass is 9.94. The SMILES string of the molecule is COc1cccc(S(=O)(=O)NC2CCC2)c1. The van der Waals surface area contributed by atoms with Gasteiger partial charge in [0.15, 0.2) is 0 Å². The average molecular weight is 241 g/mol. The molecule has 0 unspecified atom stereocenters. The van der Waals surface area contributed by atoms with Gasteiger partial charge in [-0.15, -0.1) is 0 Å². The molecular weight excluding hydrogens is 226 g/mol. The number of benzene rings is 1. The minimum Gasteiger partial charge on any atom is -0.497 e. The van der Waals surface area contributed by atoms with Crippen molar-refractivity contribution in [2.24, 2.45) is 0 Å². The molecular formula is C11H15NO3S. The summed E-state index contributed by atoms with van der Waals surface area (Å²) in [6.45, 7) is 0. The first-order valence-corrected chi connectivity index (χ1v) is 6.76. The zero-order valence-electron chi connectivity index (χ0n) is 9.14. The van der Waals surface area contributed by atoms with Crippen LogP contribution in [0.1, 0.15) is 19.3 Å². The molecule has 2 rings (SSSR count). The van der Waals surface area contributed by atoms with Crippen LogP contribution in [0.4, 0.5) is 0 Å². The summed E-state index contributed by atoms with van der Waals surface area (Å²) in [5, 5.41) is 0. The Bertz CT molecular complexity index is 466. The molecule has 0 amide bonds. The van der Waals surface area contributed by atoms with Crippen molar-refractivity contribution in [1.29, 1.82) is 0 Å². The van der Waals surface area contributed by atoms with E-state index >= 15 is 0 Å². The molecule has 4 nitrogen and oxygen atoms in total. The third-order valence-corrected chi connectivity index (χ3v) is 4.30. The summed E-state index contributed by atoms with van der Waals surface area (Å²) < 4.78 is 31.6. The van der Waals surface area contributed by atoms with Crippen molar-refractivity contribution in [3.63, 3.8) is 0 Å². The van der Waals surface area contributed by atoms with E-state index in [2.05, 4.69) is 4.72 Å². The molecule has 1 aliphatic carbocycles. The Morgan fingerprint density at radius 1 is 1.38 bits per heavy atom. The lowest BCUT2D eigenvalue weighted by molar-refractivity contribution is 0.383. The van der Waals surface area contributed by atoms with Crippen molar-refractivity contribution in [1.82, 2.24) is 4.72 Å². The summed E-state index contributed by atoms with van der Waals surface area (Å²) in [6.07, 6.45) is 2.97. The van der Waals surface area contributed by atoms with Gasteiger partial charge < -0.3 is 4.74 Å². The Labute approximate surface area is 95.7 Å². The zero-order chi connectivity index (χ0) is 11.6. The predicted octanol–water partition coefficient (Wildman–Crippen LogP) is 1.53. The first-order chi connectivity index (χ1) is 7.62. The lowest BCUT2D eigenvalue weighted by Gasteiger charge is -2.26. The number of hydrogen-bond donors (Lipinski definition) is 1. The van der Waals surface area contributed by atoms with Gasteiger partial charge in [0.1, 0.15) is 5.75 Å². The van der Waals surface area contributed by atoms with Crippen LogP contribution in [0.2, 0.25) is 0 Å². The molecule has 1 aromatic rings. The lowest BCUT2D eigenvalue weighted by Crippen LogP contribution is -2.39. The number of rotatable bonds is 4. The maximum atomic E-state index is 11.9. The highest BCUT2D eigenvalue weighted by Gasteiger charge is 2.24. The molecule has 1 aromatic carbocycles. The van der Waals surface area contributed by atoms with Crippen molar-refractivity contribution >= 4 is 10.0 Å².